The number of ether oxygens (including phenoxy) is 2. The van der Waals surface area contributed by atoms with Crippen LogP contribution in [0.15, 0.2) is 48.5 Å². The third-order valence-electron chi connectivity index (χ3n) is 5.03. The predicted octanol–water partition coefficient (Wildman–Crippen LogP) is 2.75. The van der Waals surface area contributed by atoms with E-state index >= 15 is 0 Å². The second-order valence-corrected chi connectivity index (χ2v) is 6.56. The molecule has 0 unspecified atom stereocenters. The second kappa shape index (κ2) is 8.34. The Morgan fingerprint density at radius 3 is 2.46 bits per heavy atom. The number of carbonyl (C=O) groups excluding carboxylic acids is 1. The summed E-state index contributed by atoms with van der Waals surface area (Å²) < 4.78 is 10.8. The molecule has 1 aliphatic rings. The summed E-state index contributed by atoms with van der Waals surface area (Å²) in [6.07, 6.45) is 1.40. The van der Waals surface area contributed by atoms with Gasteiger partial charge in [0.1, 0.15) is 11.4 Å². The summed E-state index contributed by atoms with van der Waals surface area (Å²) in [5, 5.41) is 6.29. The molecule has 26 heavy (non-hydrogen) atoms. The van der Waals surface area contributed by atoms with Crippen molar-refractivity contribution in [2.75, 3.05) is 27.3 Å². The Morgan fingerprint density at radius 2 is 1.81 bits per heavy atom. The number of benzene rings is 2. The zero-order valence-electron chi connectivity index (χ0n) is 15.4. The van der Waals surface area contributed by atoms with E-state index < -0.39 is 5.60 Å². The van der Waals surface area contributed by atoms with Crippen molar-refractivity contribution in [1.82, 2.24) is 10.6 Å². The molecular weight excluding hydrogens is 328 g/mol. The van der Waals surface area contributed by atoms with Crippen LogP contribution in [0, 0.1) is 0 Å². The van der Waals surface area contributed by atoms with Gasteiger partial charge in [-0.05, 0) is 54.8 Å². The molecule has 3 rings (SSSR count). The van der Waals surface area contributed by atoms with Crippen molar-refractivity contribution < 1.29 is 14.3 Å². The molecule has 1 heterocycles. The van der Waals surface area contributed by atoms with E-state index in [1.807, 2.05) is 30.3 Å². The van der Waals surface area contributed by atoms with Crippen LogP contribution in [-0.4, -0.2) is 38.8 Å². The zero-order chi connectivity index (χ0) is 18.4. The number of hydrogen-bond donors (Lipinski definition) is 2. The van der Waals surface area contributed by atoms with Gasteiger partial charge in [-0.3, -0.25) is 4.79 Å². The van der Waals surface area contributed by atoms with Gasteiger partial charge in [-0.2, -0.15) is 0 Å². The van der Waals surface area contributed by atoms with Crippen LogP contribution in [0.4, 0.5) is 0 Å². The summed E-state index contributed by atoms with van der Waals surface area (Å²) in [7, 11) is 3.29. The summed E-state index contributed by atoms with van der Waals surface area (Å²) >= 11 is 0. The van der Waals surface area contributed by atoms with Gasteiger partial charge in [-0.15, -0.1) is 0 Å². The Hall–Kier alpha value is -2.37. The molecule has 5 nitrogen and oxygen atoms in total. The summed E-state index contributed by atoms with van der Waals surface area (Å²) in [6.45, 7) is 2.10. The van der Waals surface area contributed by atoms with E-state index in [0.29, 0.717) is 19.4 Å². The minimum atomic E-state index is -0.703. The number of carbonyl (C=O) groups is 1. The van der Waals surface area contributed by atoms with Crippen LogP contribution in [0.25, 0.3) is 11.1 Å². The number of hydrogen-bond acceptors (Lipinski definition) is 4. The summed E-state index contributed by atoms with van der Waals surface area (Å²) in [5.41, 5.74) is 2.58. The summed E-state index contributed by atoms with van der Waals surface area (Å²) in [6, 6.07) is 16.2. The van der Waals surface area contributed by atoms with E-state index in [1.54, 1.807) is 14.2 Å². The Bertz CT molecular complexity index is 737. The number of piperidine rings is 1. The van der Waals surface area contributed by atoms with E-state index in [1.165, 1.54) is 0 Å². The number of methoxy groups -OCH3 is 2. The van der Waals surface area contributed by atoms with E-state index in [2.05, 4.69) is 28.8 Å². The van der Waals surface area contributed by atoms with Gasteiger partial charge in [0.05, 0.1) is 7.11 Å². The van der Waals surface area contributed by atoms with Gasteiger partial charge in [-0.25, -0.2) is 0 Å². The lowest BCUT2D eigenvalue weighted by Gasteiger charge is -2.34. The fourth-order valence-electron chi connectivity index (χ4n) is 3.32. The summed E-state index contributed by atoms with van der Waals surface area (Å²) in [4.78, 5) is 12.6. The predicted molar refractivity (Wildman–Crippen MR) is 102 cm³/mol. The molecular formula is C21H26N2O3. The van der Waals surface area contributed by atoms with Gasteiger partial charge in [0.15, 0.2) is 0 Å². The average molecular weight is 354 g/mol. The van der Waals surface area contributed by atoms with Crippen molar-refractivity contribution in [1.29, 1.82) is 0 Å². The first-order valence-electron chi connectivity index (χ1n) is 8.94. The highest BCUT2D eigenvalue weighted by Crippen LogP contribution is 2.25. The molecule has 1 saturated heterocycles. The minimum Gasteiger partial charge on any atom is -0.497 e. The molecule has 0 spiro atoms. The molecule has 2 aromatic rings. The molecule has 1 fully saturated rings. The first kappa shape index (κ1) is 18.4. The SMILES string of the molecule is COc1cccc(-c2ccc(CNC(=O)C3(OC)CCNCC3)cc2)c1. The molecule has 0 aliphatic carbocycles. The minimum absolute atomic E-state index is 0.0293. The molecule has 0 radical (unpaired) electrons. The van der Waals surface area contributed by atoms with Crippen molar-refractivity contribution in [3.8, 4) is 16.9 Å². The highest BCUT2D eigenvalue weighted by Gasteiger charge is 2.39. The molecule has 0 aromatic heterocycles. The molecule has 138 valence electrons. The van der Waals surface area contributed by atoms with Crippen molar-refractivity contribution in [2.45, 2.75) is 25.0 Å². The Balaban J connectivity index is 1.63. The Labute approximate surface area is 154 Å². The van der Waals surface area contributed by atoms with E-state index in [-0.39, 0.29) is 5.91 Å². The first-order chi connectivity index (χ1) is 12.7. The fourth-order valence-corrected chi connectivity index (χ4v) is 3.32. The van der Waals surface area contributed by atoms with Crippen molar-refractivity contribution in [3.63, 3.8) is 0 Å². The largest absolute Gasteiger partial charge is 0.497 e. The van der Waals surface area contributed by atoms with Crippen molar-refractivity contribution in [2.24, 2.45) is 0 Å². The van der Waals surface area contributed by atoms with Gasteiger partial charge >= 0.3 is 0 Å². The maximum Gasteiger partial charge on any atom is 0.252 e. The smallest absolute Gasteiger partial charge is 0.252 e. The van der Waals surface area contributed by atoms with Crippen molar-refractivity contribution in [3.05, 3.63) is 54.1 Å². The lowest BCUT2D eigenvalue weighted by atomic mass is 9.91. The second-order valence-electron chi connectivity index (χ2n) is 6.56. The molecule has 0 bridgehead atoms. The molecule has 1 aliphatic heterocycles. The zero-order valence-corrected chi connectivity index (χ0v) is 15.4. The Morgan fingerprint density at radius 1 is 1.08 bits per heavy atom. The van der Waals surface area contributed by atoms with Gasteiger partial charge in [0.2, 0.25) is 0 Å². The lowest BCUT2D eigenvalue weighted by Crippen LogP contribution is -2.53. The highest BCUT2D eigenvalue weighted by molar-refractivity contribution is 5.85. The average Bonchev–Trinajstić information content (AvgIpc) is 2.73. The molecule has 0 atom stereocenters. The van der Waals surface area contributed by atoms with Gasteiger partial charge in [-0.1, -0.05) is 36.4 Å². The third kappa shape index (κ3) is 4.06. The highest BCUT2D eigenvalue weighted by atomic mass is 16.5. The monoisotopic (exact) mass is 354 g/mol. The fraction of sp³-hybridized carbons (Fsp3) is 0.381. The maximum absolute atomic E-state index is 12.6. The number of rotatable bonds is 6. The van der Waals surface area contributed by atoms with Gasteiger partial charge < -0.3 is 20.1 Å². The van der Waals surface area contributed by atoms with Gasteiger partial charge in [0, 0.05) is 13.7 Å². The Kier molecular flexibility index (Phi) is 5.91. The van der Waals surface area contributed by atoms with Crippen LogP contribution in [0.1, 0.15) is 18.4 Å². The van der Waals surface area contributed by atoms with E-state index in [4.69, 9.17) is 9.47 Å². The van der Waals surface area contributed by atoms with Crippen LogP contribution in [-0.2, 0) is 16.1 Å². The van der Waals surface area contributed by atoms with Crippen LogP contribution in [0.5, 0.6) is 5.75 Å². The van der Waals surface area contributed by atoms with Crippen LogP contribution in [0.2, 0.25) is 0 Å². The quantitative estimate of drug-likeness (QED) is 0.837. The number of nitrogens with one attached hydrogen (secondary N) is 2. The van der Waals surface area contributed by atoms with Gasteiger partial charge in [0.25, 0.3) is 5.91 Å². The number of amides is 1. The molecule has 1 amide bonds. The normalized spacial score (nSPS) is 16.1. The maximum atomic E-state index is 12.6. The summed E-state index contributed by atoms with van der Waals surface area (Å²) in [5.74, 6) is 0.809. The lowest BCUT2D eigenvalue weighted by molar-refractivity contribution is -0.146. The first-order valence-corrected chi connectivity index (χ1v) is 8.94. The van der Waals surface area contributed by atoms with Crippen LogP contribution >= 0.6 is 0 Å². The molecule has 2 aromatic carbocycles. The standard InChI is InChI=1S/C21H26N2O3/c1-25-19-5-3-4-18(14-19)17-8-6-16(7-9-17)15-23-20(24)21(26-2)10-12-22-13-11-21/h3-9,14,22H,10-13,15H2,1-2H3,(H,23,24). The van der Waals surface area contributed by atoms with E-state index in [0.717, 1.165) is 35.5 Å². The van der Waals surface area contributed by atoms with Crippen LogP contribution < -0.4 is 15.4 Å². The molecule has 0 saturated carbocycles. The third-order valence-corrected chi connectivity index (χ3v) is 5.03. The topological polar surface area (TPSA) is 59.6 Å². The molecule has 5 heteroatoms. The van der Waals surface area contributed by atoms with Crippen LogP contribution in [0.3, 0.4) is 0 Å². The molecule has 2 N–H and O–H groups in total. The van der Waals surface area contributed by atoms with E-state index in [9.17, 15) is 4.79 Å². The van der Waals surface area contributed by atoms with Crippen molar-refractivity contribution >= 4 is 5.91 Å².